The molecule has 0 saturated carbocycles. The van der Waals surface area contributed by atoms with Crippen LogP contribution in [0.15, 0.2) is 36.5 Å². The van der Waals surface area contributed by atoms with Gasteiger partial charge in [-0.2, -0.15) is 0 Å². The number of aromatic nitrogens is 2. The fraction of sp³-hybridized carbons (Fsp3) is 0.524. The average Bonchev–Trinajstić information content (AvgIpc) is 2.69. The molecule has 2 rings (SSSR count). The lowest BCUT2D eigenvalue weighted by molar-refractivity contribution is 0.0335. The van der Waals surface area contributed by atoms with Crippen molar-refractivity contribution >= 4 is 17.4 Å². The van der Waals surface area contributed by atoms with Crippen LogP contribution in [0.4, 0.5) is 5.82 Å². The highest BCUT2D eigenvalue weighted by molar-refractivity contribution is 6.30. The van der Waals surface area contributed by atoms with Gasteiger partial charge < -0.3 is 14.7 Å². The van der Waals surface area contributed by atoms with Gasteiger partial charge in [0.1, 0.15) is 5.82 Å². The standard InChI is InChI=1S/C21H31ClN4O2/c1-5-16(2)25(3)20-11-23-19(21(22)24-20)14-26(13-18(27)15-28-4)12-17-9-7-6-8-10-17/h6-11,16,18,27H,5,12-15H2,1-4H3/t16?,18-/m1/s1. The Bertz CT molecular complexity index is 717. The van der Waals surface area contributed by atoms with Crippen molar-refractivity contribution in [2.24, 2.45) is 0 Å². The number of anilines is 1. The van der Waals surface area contributed by atoms with E-state index in [1.165, 1.54) is 0 Å². The van der Waals surface area contributed by atoms with Gasteiger partial charge in [-0.15, -0.1) is 0 Å². The molecule has 28 heavy (non-hydrogen) atoms. The quantitative estimate of drug-likeness (QED) is 0.617. The van der Waals surface area contributed by atoms with Crippen molar-refractivity contribution in [3.05, 3.63) is 52.9 Å². The molecular weight excluding hydrogens is 376 g/mol. The second-order valence-corrected chi connectivity index (χ2v) is 7.46. The van der Waals surface area contributed by atoms with Crippen molar-refractivity contribution in [3.63, 3.8) is 0 Å². The molecule has 2 atom stereocenters. The van der Waals surface area contributed by atoms with Gasteiger partial charge in [0, 0.05) is 39.8 Å². The molecule has 1 heterocycles. The number of hydrogen-bond acceptors (Lipinski definition) is 6. The fourth-order valence-electron chi connectivity index (χ4n) is 2.94. The third-order valence-corrected chi connectivity index (χ3v) is 5.15. The van der Waals surface area contributed by atoms with Crippen LogP contribution in [0.2, 0.25) is 5.15 Å². The number of nitrogens with zero attached hydrogens (tertiary/aromatic N) is 4. The number of hydrogen-bond donors (Lipinski definition) is 1. The lowest BCUT2D eigenvalue weighted by atomic mass is 10.2. The molecule has 1 unspecified atom stereocenters. The highest BCUT2D eigenvalue weighted by Gasteiger charge is 2.17. The normalized spacial score (nSPS) is 13.5. The maximum absolute atomic E-state index is 10.2. The fourth-order valence-corrected chi connectivity index (χ4v) is 3.14. The van der Waals surface area contributed by atoms with Gasteiger partial charge in [-0.25, -0.2) is 4.98 Å². The first kappa shape index (κ1) is 22.6. The highest BCUT2D eigenvalue weighted by Crippen LogP contribution is 2.20. The first-order chi connectivity index (χ1) is 13.4. The Kier molecular flexibility index (Phi) is 9.12. The minimum absolute atomic E-state index is 0.281. The zero-order valence-corrected chi connectivity index (χ0v) is 17.9. The van der Waals surface area contributed by atoms with Crippen LogP contribution in [0.25, 0.3) is 0 Å². The lowest BCUT2D eigenvalue weighted by Gasteiger charge is -2.26. The van der Waals surface area contributed by atoms with Crippen LogP contribution in [0.1, 0.15) is 31.5 Å². The summed E-state index contributed by atoms with van der Waals surface area (Å²) in [5, 5.41) is 10.6. The van der Waals surface area contributed by atoms with Gasteiger partial charge in [0.05, 0.1) is 24.6 Å². The Morgan fingerprint density at radius 3 is 2.54 bits per heavy atom. The largest absolute Gasteiger partial charge is 0.389 e. The van der Waals surface area contributed by atoms with Gasteiger partial charge >= 0.3 is 0 Å². The highest BCUT2D eigenvalue weighted by atomic mass is 35.5. The van der Waals surface area contributed by atoms with E-state index in [1.54, 1.807) is 13.3 Å². The van der Waals surface area contributed by atoms with Crippen molar-refractivity contribution in [3.8, 4) is 0 Å². The van der Waals surface area contributed by atoms with E-state index in [4.69, 9.17) is 16.3 Å². The molecule has 154 valence electrons. The maximum atomic E-state index is 10.2. The third kappa shape index (κ3) is 6.71. The molecule has 0 aliphatic carbocycles. The summed E-state index contributed by atoms with van der Waals surface area (Å²) in [4.78, 5) is 13.3. The number of aliphatic hydroxyl groups is 1. The number of benzene rings is 1. The molecule has 0 spiro atoms. The zero-order valence-electron chi connectivity index (χ0n) is 17.2. The second-order valence-electron chi connectivity index (χ2n) is 7.10. The van der Waals surface area contributed by atoms with Gasteiger partial charge in [-0.3, -0.25) is 9.88 Å². The summed E-state index contributed by atoms with van der Waals surface area (Å²) < 4.78 is 5.07. The van der Waals surface area contributed by atoms with Crippen LogP contribution in [0, 0.1) is 0 Å². The van der Waals surface area contributed by atoms with Gasteiger partial charge in [0.25, 0.3) is 0 Å². The number of ether oxygens (including phenoxy) is 1. The Labute approximate surface area is 173 Å². The summed E-state index contributed by atoms with van der Waals surface area (Å²) in [6, 6.07) is 10.5. The topological polar surface area (TPSA) is 61.7 Å². The summed E-state index contributed by atoms with van der Waals surface area (Å²) in [7, 11) is 3.58. The molecule has 0 aliphatic rings. The first-order valence-electron chi connectivity index (χ1n) is 9.62. The van der Waals surface area contributed by atoms with E-state index in [0.717, 1.165) is 17.8 Å². The summed E-state index contributed by atoms with van der Waals surface area (Å²) in [6.45, 7) is 6.18. The van der Waals surface area contributed by atoms with Crippen LogP contribution in [-0.4, -0.2) is 59.4 Å². The summed E-state index contributed by atoms with van der Waals surface area (Å²) in [5.74, 6) is 0.761. The van der Waals surface area contributed by atoms with Crippen molar-refractivity contribution in [1.82, 2.24) is 14.9 Å². The van der Waals surface area contributed by atoms with E-state index >= 15 is 0 Å². The van der Waals surface area contributed by atoms with Gasteiger partial charge in [0.15, 0.2) is 5.15 Å². The van der Waals surface area contributed by atoms with Crippen molar-refractivity contribution in [2.75, 3.05) is 32.2 Å². The molecule has 0 fully saturated rings. The Hall–Kier alpha value is -1.73. The number of rotatable bonds is 11. The SMILES string of the molecule is CCC(C)N(C)c1cnc(CN(Cc2ccccc2)C[C@@H](O)COC)c(Cl)n1. The molecule has 1 aromatic carbocycles. The van der Waals surface area contributed by atoms with Crippen molar-refractivity contribution in [2.45, 2.75) is 45.5 Å². The number of aliphatic hydroxyl groups excluding tert-OH is 1. The maximum Gasteiger partial charge on any atom is 0.154 e. The molecule has 0 radical (unpaired) electrons. The molecule has 7 heteroatoms. The van der Waals surface area contributed by atoms with E-state index in [2.05, 4.69) is 45.7 Å². The van der Waals surface area contributed by atoms with Crippen LogP contribution in [0.5, 0.6) is 0 Å². The van der Waals surface area contributed by atoms with Crippen LogP contribution in [0.3, 0.4) is 0 Å². The predicted octanol–water partition coefficient (Wildman–Crippen LogP) is 3.37. The monoisotopic (exact) mass is 406 g/mol. The summed E-state index contributed by atoms with van der Waals surface area (Å²) >= 11 is 6.45. The zero-order chi connectivity index (χ0) is 20.5. The molecular formula is C21H31ClN4O2. The molecule has 2 aromatic rings. The van der Waals surface area contributed by atoms with Crippen LogP contribution >= 0.6 is 11.6 Å². The Morgan fingerprint density at radius 2 is 1.93 bits per heavy atom. The summed E-state index contributed by atoms with van der Waals surface area (Å²) in [6.07, 6.45) is 2.19. The Balaban J connectivity index is 2.15. The molecule has 0 saturated heterocycles. The van der Waals surface area contributed by atoms with Gasteiger partial charge in [0.2, 0.25) is 0 Å². The number of halogens is 1. The number of methoxy groups -OCH3 is 1. The van der Waals surface area contributed by atoms with Crippen LogP contribution < -0.4 is 4.90 Å². The predicted molar refractivity (Wildman–Crippen MR) is 114 cm³/mol. The first-order valence-corrected chi connectivity index (χ1v) is 9.99. The minimum atomic E-state index is -0.587. The summed E-state index contributed by atoms with van der Waals surface area (Å²) in [5.41, 5.74) is 1.85. The minimum Gasteiger partial charge on any atom is -0.389 e. The molecule has 1 aromatic heterocycles. The van der Waals surface area contributed by atoms with E-state index < -0.39 is 6.10 Å². The molecule has 6 nitrogen and oxygen atoms in total. The van der Waals surface area contributed by atoms with E-state index in [1.807, 2.05) is 25.2 Å². The lowest BCUT2D eigenvalue weighted by Crippen LogP contribution is -2.34. The van der Waals surface area contributed by atoms with E-state index in [0.29, 0.717) is 36.5 Å². The average molecular weight is 407 g/mol. The molecule has 0 aliphatic heterocycles. The van der Waals surface area contributed by atoms with Crippen LogP contribution in [-0.2, 0) is 17.8 Å². The Morgan fingerprint density at radius 1 is 1.21 bits per heavy atom. The van der Waals surface area contributed by atoms with Gasteiger partial charge in [-0.05, 0) is 18.9 Å². The third-order valence-electron chi connectivity index (χ3n) is 4.85. The van der Waals surface area contributed by atoms with Crippen molar-refractivity contribution < 1.29 is 9.84 Å². The van der Waals surface area contributed by atoms with Crippen molar-refractivity contribution in [1.29, 1.82) is 0 Å². The van der Waals surface area contributed by atoms with E-state index in [9.17, 15) is 5.11 Å². The van der Waals surface area contributed by atoms with E-state index in [-0.39, 0.29) is 6.61 Å². The molecule has 0 bridgehead atoms. The smallest absolute Gasteiger partial charge is 0.154 e. The molecule has 1 N–H and O–H groups in total. The second kappa shape index (κ2) is 11.3. The van der Waals surface area contributed by atoms with Gasteiger partial charge in [-0.1, -0.05) is 48.9 Å². The molecule has 0 amide bonds.